The van der Waals surface area contributed by atoms with Gasteiger partial charge in [-0.25, -0.2) is 4.98 Å². The lowest BCUT2D eigenvalue weighted by atomic mass is 10.0. The number of hydrogen-bond donors (Lipinski definition) is 2. The van der Waals surface area contributed by atoms with Gasteiger partial charge in [0.1, 0.15) is 5.69 Å². The molecular weight excluding hydrogens is 450 g/mol. The first-order valence-corrected chi connectivity index (χ1v) is 11.6. The molecular formula is C26H36ClN5O2. The van der Waals surface area contributed by atoms with Gasteiger partial charge in [-0.1, -0.05) is 18.2 Å². The molecule has 7 nitrogen and oxygen atoms in total. The number of anilines is 1. The number of halogens is 1. The summed E-state index contributed by atoms with van der Waals surface area (Å²) in [6, 6.07) is 8.66. The minimum atomic E-state index is -0.0137. The molecule has 0 radical (unpaired) electrons. The molecule has 0 aliphatic carbocycles. The lowest BCUT2D eigenvalue weighted by molar-refractivity contribution is 0.0571. The quantitative estimate of drug-likeness (QED) is 0.504. The first-order chi connectivity index (χ1) is 15.8. The molecule has 4 rings (SSSR count). The number of rotatable bonds is 8. The Hall–Kier alpha value is -2.61. The molecule has 2 aromatic heterocycles. The third-order valence-electron chi connectivity index (χ3n) is 7.01. The Kier molecular flexibility index (Phi) is 8.23. The van der Waals surface area contributed by atoms with Crippen LogP contribution in [-0.2, 0) is 17.8 Å². The third kappa shape index (κ3) is 4.78. The zero-order valence-corrected chi connectivity index (χ0v) is 21.8. The van der Waals surface area contributed by atoms with E-state index in [4.69, 9.17) is 9.72 Å². The van der Waals surface area contributed by atoms with Crippen LogP contribution in [0.4, 0.5) is 5.82 Å². The zero-order valence-electron chi connectivity index (χ0n) is 21.0. The summed E-state index contributed by atoms with van der Waals surface area (Å²) in [5, 5.41) is 7.87. The van der Waals surface area contributed by atoms with Crippen molar-refractivity contribution in [3.05, 3.63) is 57.9 Å². The van der Waals surface area contributed by atoms with Gasteiger partial charge in [0.2, 0.25) is 0 Å². The summed E-state index contributed by atoms with van der Waals surface area (Å²) in [4.78, 5) is 19.9. The van der Waals surface area contributed by atoms with Crippen LogP contribution in [0.1, 0.15) is 38.4 Å². The number of aromatic nitrogens is 2. The van der Waals surface area contributed by atoms with Crippen molar-refractivity contribution in [1.29, 1.82) is 0 Å². The molecule has 1 saturated heterocycles. The van der Waals surface area contributed by atoms with Crippen molar-refractivity contribution in [2.45, 2.75) is 46.8 Å². The van der Waals surface area contributed by atoms with E-state index < -0.39 is 0 Å². The van der Waals surface area contributed by atoms with Crippen LogP contribution in [-0.4, -0.2) is 60.3 Å². The molecule has 0 spiro atoms. The average Bonchev–Trinajstić information content (AvgIpc) is 3.01. The predicted molar refractivity (Wildman–Crippen MR) is 140 cm³/mol. The first-order valence-electron chi connectivity index (χ1n) is 11.6. The highest BCUT2D eigenvalue weighted by molar-refractivity contribution is 6.01. The Bertz CT molecular complexity index is 1160. The zero-order chi connectivity index (χ0) is 23.7. The number of carbonyl (C=O) groups is 1. The van der Waals surface area contributed by atoms with Crippen molar-refractivity contribution >= 4 is 35.0 Å². The number of aryl methyl sites for hydroxylation is 3. The average molecular weight is 486 g/mol. The largest absolute Gasteiger partial charge is 0.383 e. The monoisotopic (exact) mass is 485 g/mol. The Morgan fingerprint density at radius 2 is 1.85 bits per heavy atom. The van der Waals surface area contributed by atoms with E-state index in [2.05, 4.69) is 61.1 Å². The van der Waals surface area contributed by atoms with E-state index in [-0.39, 0.29) is 18.3 Å². The number of carbonyl (C=O) groups excluding carboxylic acids is 1. The maximum atomic E-state index is 13.2. The summed E-state index contributed by atoms with van der Waals surface area (Å²) in [5.74, 6) is 0.733. The third-order valence-corrected chi connectivity index (χ3v) is 7.01. The van der Waals surface area contributed by atoms with Crippen LogP contribution in [0.5, 0.6) is 0 Å². The fourth-order valence-corrected chi connectivity index (χ4v) is 4.65. The molecule has 1 aromatic carbocycles. The molecule has 34 heavy (non-hydrogen) atoms. The Morgan fingerprint density at radius 3 is 2.47 bits per heavy atom. The van der Waals surface area contributed by atoms with Crippen LogP contribution in [0.25, 0.3) is 10.9 Å². The lowest BCUT2D eigenvalue weighted by Gasteiger charge is -2.38. The number of hydrogen-bond acceptors (Lipinski definition) is 5. The summed E-state index contributed by atoms with van der Waals surface area (Å²) in [6.45, 7) is 11.9. The first kappa shape index (κ1) is 26.0. The van der Waals surface area contributed by atoms with Crippen LogP contribution < -0.4 is 10.6 Å². The topological polar surface area (TPSA) is 71.4 Å². The van der Waals surface area contributed by atoms with Crippen molar-refractivity contribution in [1.82, 2.24) is 19.8 Å². The second kappa shape index (κ2) is 10.8. The van der Waals surface area contributed by atoms with Gasteiger partial charge in [-0.15, -0.1) is 12.4 Å². The van der Waals surface area contributed by atoms with Gasteiger partial charge in [-0.2, -0.15) is 0 Å². The van der Waals surface area contributed by atoms with Gasteiger partial charge in [-0.05, 0) is 63.1 Å². The maximum absolute atomic E-state index is 13.2. The minimum Gasteiger partial charge on any atom is -0.383 e. The van der Waals surface area contributed by atoms with Gasteiger partial charge in [0, 0.05) is 50.4 Å². The highest BCUT2D eigenvalue weighted by Crippen LogP contribution is 2.32. The number of benzene rings is 1. The van der Waals surface area contributed by atoms with E-state index in [1.807, 2.05) is 18.0 Å². The van der Waals surface area contributed by atoms with Crippen LogP contribution in [0.15, 0.2) is 24.3 Å². The number of fused-ring (bicyclic) bond motifs is 1. The smallest absolute Gasteiger partial charge is 0.272 e. The highest BCUT2D eigenvalue weighted by Gasteiger charge is 2.31. The highest BCUT2D eigenvalue weighted by atomic mass is 35.5. The molecule has 1 aliphatic rings. The molecule has 8 heteroatoms. The van der Waals surface area contributed by atoms with E-state index >= 15 is 0 Å². The fraction of sp³-hybridized carbons (Fsp3) is 0.462. The number of ether oxygens (including phenoxy) is 1. The second-order valence-electron chi connectivity index (χ2n) is 9.03. The number of methoxy groups -OCH3 is 1. The SMILES string of the molecule is CNC1CN(C(=O)c2cc3c(C)c(C)n(CCOC)c3c(NCc3c(C)cccc3C)n2)C1.Cl. The predicted octanol–water partition coefficient (Wildman–Crippen LogP) is 3.99. The van der Waals surface area contributed by atoms with Crippen LogP contribution in [0.3, 0.4) is 0 Å². The fourth-order valence-electron chi connectivity index (χ4n) is 4.65. The summed E-state index contributed by atoms with van der Waals surface area (Å²) in [5.41, 5.74) is 7.60. The maximum Gasteiger partial charge on any atom is 0.272 e. The summed E-state index contributed by atoms with van der Waals surface area (Å²) in [6.07, 6.45) is 0. The minimum absolute atomic E-state index is 0. The second-order valence-corrected chi connectivity index (χ2v) is 9.03. The number of amides is 1. The van der Waals surface area contributed by atoms with Crippen LogP contribution in [0.2, 0.25) is 0 Å². The Morgan fingerprint density at radius 1 is 1.18 bits per heavy atom. The molecule has 2 N–H and O–H groups in total. The lowest BCUT2D eigenvalue weighted by Crippen LogP contribution is -2.59. The van der Waals surface area contributed by atoms with Gasteiger partial charge in [0.05, 0.1) is 12.1 Å². The molecule has 0 saturated carbocycles. The van der Waals surface area contributed by atoms with E-state index in [1.54, 1.807) is 7.11 Å². The summed E-state index contributed by atoms with van der Waals surface area (Å²) < 4.78 is 7.62. The molecule has 0 atom stereocenters. The van der Waals surface area contributed by atoms with E-state index in [0.29, 0.717) is 38.0 Å². The summed E-state index contributed by atoms with van der Waals surface area (Å²) >= 11 is 0. The van der Waals surface area contributed by atoms with Crippen molar-refractivity contribution in [3.63, 3.8) is 0 Å². The van der Waals surface area contributed by atoms with Crippen LogP contribution >= 0.6 is 12.4 Å². The molecule has 1 fully saturated rings. The van der Waals surface area contributed by atoms with Crippen molar-refractivity contribution < 1.29 is 9.53 Å². The van der Waals surface area contributed by atoms with Gasteiger partial charge in [0.25, 0.3) is 5.91 Å². The molecule has 3 aromatic rings. The molecule has 0 unspecified atom stereocenters. The van der Waals surface area contributed by atoms with Gasteiger partial charge in [-0.3, -0.25) is 4.79 Å². The molecule has 184 valence electrons. The number of likely N-dealkylation sites (tertiary alicyclic amines) is 1. The van der Waals surface area contributed by atoms with Crippen molar-refractivity contribution in [2.75, 3.05) is 39.2 Å². The van der Waals surface area contributed by atoms with Crippen molar-refractivity contribution in [3.8, 4) is 0 Å². The Balaban J connectivity index is 0.00000324. The standard InChI is InChI=1S/C26H35N5O2.ClH/c1-16-8-7-9-17(2)22(16)13-28-25-24-21(18(3)19(4)31(24)10-11-33-6)12-23(29-25)26(32)30-14-20(15-30)27-5;/h7-9,12,20,27H,10-11,13-15H2,1-6H3,(H,28,29);1H. The number of nitrogens with zero attached hydrogens (tertiary/aromatic N) is 3. The van der Waals surface area contributed by atoms with Crippen LogP contribution in [0, 0.1) is 27.7 Å². The normalized spacial score (nSPS) is 13.6. The van der Waals surface area contributed by atoms with Gasteiger partial charge < -0.3 is 24.8 Å². The van der Waals surface area contributed by atoms with E-state index in [9.17, 15) is 4.79 Å². The molecule has 1 amide bonds. The number of likely N-dealkylation sites (N-methyl/N-ethyl adjacent to an activating group) is 1. The van der Waals surface area contributed by atoms with Gasteiger partial charge in [0.15, 0.2) is 5.82 Å². The number of nitrogens with one attached hydrogen (secondary N) is 2. The summed E-state index contributed by atoms with van der Waals surface area (Å²) in [7, 11) is 3.65. The van der Waals surface area contributed by atoms with E-state index in [0.717, 1.165) is 23.3 Å². The van der Waals surface area contributed by atoms with Gasteiger partial charge >= 0.3 is 0 Å². The van der Waals surface area contributed by atoms with E-state index in [1.165, 1.54) is 27.9 Å². The molecule has 3 heterocycles. The molecule has 1 aliphatic heterocycles. The number of pyridine rings is 1. The van der Waals surface area contributed by atoms with Crippen molar-refractivity contribution in [2.24, 2.45) is 0 Å². The Labute approximate surface area is 208 Å². The molecule has 0 bridgehead atoms.